The quantitative estimate of drug-likeness (QED) is 0.798. The summed E-state index contributed by atoms with van der Waals surface area (Å²) in [4.78, 5) is 3.92. The maximum absolute atomic E-state index is 5.72. The molecule has 3 unspecified atom stereocenters. The summed E-state index contributed by atoms with van der Waals surface area (Å²) in [5.74, 6) is 0. The molecule has 114 valence electrons. The van der Waals surface area contributed by atoms with Gasteiger partial charge >= 0.3 is 0 Å². The van der Waals surface area contributed by atoms with Crippen molar-refractivity contribution < 1.29 is 4.74 Å². The molecule has 0 amide bonds. The Morgan fingerprint density at radius 3 is 3.00 bits per heavy atom. The van der Waals surface area contributed by atoms with Crippen LogP contribution in [0.15, 0.2) is 17.5 Å². The van der Waals surface area contributed by atoms with Crippen LogP contribution < -0.4 is 5.32 Å². The van der Waals surface area contributed by atoms with E-state index in [9.17, 15) is 0 Å². The predicted octanol–water partition coefficient (Wildman–Crippen LogP) is 2.77. The van der Waals surface area contributed by atoms with E-state index in [1.54, 1.807) is 0 Å². The third-order valence-electron chi connectivity index (χ3n) is 4.28. The van der Waals surface area contributed by atoms with Gasteiger partial charge in [0, 0.05) is 36.7 Å². The fourth-order valence-electron chi connectivity index (χ4n) is 2.69. The second-order valence-electron chi connectivity index (χ2n) is 5.91. The van der Waals surface area contributed by atoms with E-state index in [1.165, 1.54) is 17.7 Å². The smallest absolute Gasteiger partial charge is 0.0726 e. The third-order valence-corrected chi connectivity index (χ3v) is 5.18. The molecule has 4 heteroatoms. The summed E-state index contributed by atoms with van der Waals surface area (Å²) >= 11 is 1.86. The second-order valence-corrected chi connectivity index (χ2v) is 6.94. The van der Waals surface area contributed by atoms with E-state index in [-0.39, 0.29) is 0 Å². The van der Waals surface area contributed by atoms with Gasteiger partial charge < -0.3 is 15.0 Å². The number of likely N-dealkylation sites (N-methyl/N-ethyl adjacent to an activating group) is 1. The van der Waals surface area contributed by atoms with Crippen molar-refractivity contribution in [2.24, 2.45) is 0 Å². The van der Waals surface area contributed by atoms with E-state index >= 15 is 0 Å². The summed E-state index contributed by atoms with van der Waals surface area (Å²) in [6.07, 6.45) is 3.99. The standard InChI is InChI=1S/C16H28N2OS/c1-13(12-15-6-5-11-20-15)18(3)9-8-17-14(2)16-7-4-10-19-16/h5-6,11,13-14,16-17H,4,7-10,12H2,1-3H3. The zero-order valence-corrected chi connectivity index (χ0v) is 13.8. The molecule has 0 bridgehead atoms. The molecule has 0 aliphatic carbocycles. The fourth-order valence-corrected chi connectivity index (χ4v) is 3.52. The minimum Gasteiger partial charge on any atom is -0.377 e. The molecule has 20 heavy (non-hydrogen) atoms. The van der Waals surface area contributed by atoms with Crippen molar-refractivity contribution in [3.05, 3.63) is 22.4 Å². The van der Waals surface area contributed by atoms with Gasteiger partial charge in [0.2, 0.25) is 0 Å². The van der Waals surface area contributed by atoms with Crippen molar-refractivity contribution in [2.75, 3.05) is 26.7 Å². The Morgan fingerprint density at radius 1 is 1.50 bits per heavy atom. The number of hydrogen-bond acceptors (Lipinski definition) is 4. The number of nitrogens with one attached hydrogen (secondary N) is 1. The molecule has 3 atom stereocenters. The van der Waals surface area contributed by atoms with Crippen LogP contribution >= 0.6 is 11.3 Å². The van der Waals surface area contributed by atoms with Gasteiger partial charge in [0.1, 0.15) is 0 Å². The zero-order valence-electron chi connectivity index (χ0n) is 13.0. The first-order valence-electron chi connectivity index (χ1n) is 7.74. The molecule has 0 saturated carbocycles. The average Bonchev–Trinajstić information content (AvgIpc) is 3.11. The monoisotopic (exact) mass is 296 g/mol. The highest BCUT2D eigenvalue weighted by Crippen LogP contribution is 2.15. The van der Waals surface area contributed by atoms with Crippen LogP contribution in [0.2, 0.25) is 0 Å². The molecule has 1 aliphatic heterocycles. The van der Waals surface area contributed by atoms with Crippen molar-refractivity contribution in [1.29, 1.82) is 0 Å². The number of nitrogens with zero attached hydrogens (tertiary/aromatic N) is 1. The van der Waals surface area contributed by atoms with Gasteiger partial charge in [-0.1, -0.05) is 6.07 Å². The molecular weight excluding hydrogens is 268 g/mol. The number of ether oxygens (including phenoxy) is 1. The van der Waals surface area contributed by atoms with Crippen molar-refractivity contribution in [3.63, 3.8) is 0 Å². The highest BCUT2D eigenvalue weighted by atomic mass is 32.1. The zero-order chi connectivity index (χ0) is 14.4. The van der Waals surface area contributed by atoms with Gasteiger partial charge in [-0.25, -0.2) is 0 Å². The van der Waals surface area contributed by atoms with Crippen LogP contribution in [0.25, 0.3) is 0 Å². The van der Waals surface area contributed by atoms with Crippen LogP contribution in [0, 0.1) is 0 Å². The molecule has 0 radical (unpaired) electrons. The van der Waals surface area contributed by atoms with Crippen LogP contribution in [0.3, 0.4) is 0 Å². The van der Waals surface area contributed by atoms with Gasteiger partial charge in [0.05, 0.1) is 6.10 Å². The molecule has 1 N–H and O–H groups in total. The number of rotatable bonds is 8. The molecule has 1 aromatic heterocycles. The van der Waals surface area contributed by atoms with E-state index in [1.807, 2.05) is 11.3 Å². The molecule has 1 aliphatic rings. The molecule has 1 saturated heterocycles. The second kappa shape index (κ2) is 8.13. The highest BCUT2D eigenvalue weighted by Gasteiger charge is 2.21. The first-order valence-corrected chi connectivity index (χ1v) is 8.62. The van der Waals surface area contributed by atoms with Gasteiger partial charge in [-0.3, -0.25) is 0 Å². The minimum atomic E-state index is 0.420. The first-order chi connectivity index (χ1) is 9.66. The largest absolute Gasteiger partial charge is 0.377 e. The van der Waals surface area contributed by atoms with Crippen LogP contribution in [0.4, 0.5) is 0 Å². The van der Waals surface area contributed by atoms with Gasteiger partial charge in [0.25, 0.3) is 0 Å². The molecule has 2 heterocycles. The van der Waals surface area contributed by atoms with Gasteiger partial charge in [0.15, 0.2) is 0 Å². The Kier molecular flexibility index (Phi) is 6.49. The molecule has 1 aromatic rings. The molecule has 0 aromatic carbocycles. The van der Waals surface area contributed by atoms with Gasteiger partial charge in [-0.15, -0.1) is 11.3 Å². The summed E-state index contributed by atoms with van der Waals surface area (Å²) in [5.41, 5.74) is 0. The first kappa shape index (κ1) is 16.0. The van der Waals surface area contributed by atoms with E-state index in [2.05, 4.69) is 48.6 Å². The lowest BCUT2D eigenvalue weighted by molar-refractivity contribution is 0.0825. The summed E-state index contributed by atoms with van der Waals surface area (Å²) in [5, 5.41) is 5.76. The Bertz CT molecular complexity index is 363. The lowest BCUT2D eigenvalue weighted by Crippen LogP contribution is -2.42. The topological polar surface area (TPSA) is 24.5 Å². The average molecular weight is 296 g/mol. The summed E-state index contributed by atoms with van der Waals surface area (Å²) in [7, 11) is 2.22. The van der Waals surface area contributed by atoms with E-state index in [0.717, 1.165) is 26.1 Å². The van der Waals surface area contributed by atoms with Crippen LogP contribution in [0.1, 0.15) is 31.6 Å². The van der Waals surface area contributed by atoms with E-state index in [0.29, 0.717) is 18.2 Å². The minimum absolute atomic E-state index is 0.420. The van der Waals surface area contributed by atoms with E-state index < -0.39 is 0 Å². The lowest BCUT2D eigenvalue weighted by atomic mass is 10.1. The highest BCUT2D eigenvalue weighted by molar-refractivity contribution is 7.09. The maximum Gasteiger partial charge on any atom is 0.0726 e. The molecule has 0 spiro atoms. The maximum atomic E-state index is 5.72. The van der Waals surface area contributed by atoms with Crippen molar-refractivity contribution >= 4 is 11.3 Å². The Hall–Kier alpha value is -0.420. The Labute approximate surface area is 127 Å². The summed E-state index contributed by atoms with van der Waals surface area (Å²) in [6, 6.07) is 5.43. The van der Waals surface area contributed by atoms with Gasteiger partial charge in [-0.2, -0.15) is 0 Å². The molecule has 3 nitrogen and oxygen atoms in total. The van der Waals surface area contributed by atoms with Crippen LogP contribution in [0.5, 0.6) is 0 Å². The van der Waals surface area contributed by atoms with Crippen LogP contribution in [-0.4, -0.2) is 49.8 Å². The third kappa shape index (κ3) is 4.85. The predicted molar refractivity (Wildman–Crippen MR) is 86.6 cm³/mol. The summed E-state index contributed by atoms with van der Waals surface area (Å²) < 4.78 is 5.72. The fraction of sp³-hybridized carbons (Fsp3) is 0.750. The Morgan fingerprint density at radius 2 is 2.35 bits per heavy atom. The van der Waals surface area contributed by atoms with Gasteiger partial charge in [-0.05, 0) is 51.6 Å². The SMILES string of the molecule is CC(NCCN(C)C(C)Cc1cccs1)C1CCCO1. The van der Waals surface area contributed by atoms with Crippen molar-refractivity contribution in [1.82, 2.24) is 10.2 Å². The van der Waals surface area contributed by atoms with Crippen molar-refractivity contribution in [3.8, 4) is 0 Å². The molecule has 2 rings (SSSR count). The van der Waals surface area contributed by atoms with Crippen LogP contribution in [-0.2, 0) is 11.2 Å². The number of hydrogen-bond donors (Lipinski definition) is 1. The number of thiophene rings is 1. The summed E-state index contributed by atoms with van der Waals surface area (Å²) in [6.45, 7) is 7.61. The Balaban J connectivity index is 1.62. The molecule has 1 fully saturated rings. The van der Waals surface area contributed by atoms with E-state index in [4.69, 9.17) is 4.74 Å². The van der Waals surface area contributed by atoms with Crippen molar-refractivity contribution in [2.45, 2.75) is 51.3 Å². The lowest BCUT2D eigenvalue weighted by Gasteiger charge is -2.26. The normalized spacial score (nSPS) is 22.3. The molecular formula is C16H28N2OS.